The monoisotopic (exact) mass is 403 g/mol. The van der Waals surface area contributed by atoms with Gasteiger partial charge in [-0.2, -0.15) is 0 Å². The standard InChI is InChI=1S/C16H25N3O.HI/c1-13-8-10-19(11-9-13)16(17-2)18-12-14-4-6-15(20-3)7-5-14;/h4-7,13H,8-12H2,1-3H3,(H,17,18);1H. The summed E-state index contributed by atoms with van der Waals surface area (Å²) < 4.78 is 5.17. The Bertz CT molecular complexity index is 439. The molecule has 0 radical (unpaired) electrons. The third-order valence-corrected chi connectivity index (χ3v) is 3.90. The Balaban J connectivity index is 0.00000220. The van der Waals surface area contributed by atoms with Gasteiger partial charge in [0.2, 0.25) is 0 Å². The summed E-state index contributed by atoms with van der Waals surface area (Å²) in [6, 6.07) is 8.14. The molecule has 4 nitrogen and oxygen atoms in total. The lowest BCUT2D eigenvalue weighted by Crippen LogP contribution is -2.45. The van der Waals surface area contributed by atoms with E-state index in [1.54, 1.807) is 7.11 Å². The number of halogens is 1. The zero-order valence-corrected chi connectivity index (χ0v) is 15.5. The molecule has 0 atom stereocenters. The van der Waals surface area contributed by atoms with Crippen molar-refractivity contribution < 1.29 is 4.74 Å². The van der Waals surface area contributed by atoms with Crippen LogP contribution in [0.1, 0.15) is 25.3 Å². The number of rotatable bonds is 3. The van der Waals surface area contributed by atoms with Crippen molar-refractivity contribution in [2.75, 3.05) is 27.2 Å². The van der Waals surface area contributed by atoms with Gasteiger partial charge in [-0.3, -0.25) is 4.99 Å². The zero-order valence-electron chi connectivity index (χ0n) is 13.1. The van der Waals surface area contributed by atoms with Crippen LogP contribution in [0.5, 0.6) is 5.75 Å². The van der Waals surface area contributed by atoms with E-state index >= 15 is 0 Å². The normalized spacial score (nSPS) is 16.3. The van der Waals surface area contributed by atoms with E-state index in [1.165, 1.54) is 18.4 Å². The number of nitrogens with zero attached hydrogens (tertiary/aromatic N) is 2. The van der Waals surface area contributed by atoms with E-state index in [-0.39, 0.29) is 24.0 Å². The maximum atomic E-state index is 5.17. The number of aliphatic imine (C=N–C) groups is 1. The van der Waals surface area contributed by atoms with Crippen molar-refractivity contribution >= 4 is 29.9 Å². The minimum absolute atomic E-state index is 0. The number of guanidine groups is 1. The number of methoxy groups -OCH3 is 1. The molecule has 1 aromatic carbocycles. The van der Waals surface area contributed by atoms with E-state index < -0.39 is 0 Å². The van der Waals surface area contributed by atoms with Gasteiger partial charge in [0, 0.05) is 26.7 Å². The fraction of sp³-hybridized carbons (Fsp3) is 0.562. The highest BCUT2D eigenvalue weighted by Gasteiger charge is 2.18. The maximum absolute atomic E-state index is 5.17. The summed E-state index contributed by atoms with van der Waals surface area (Å²) in [5.74, 6) is 2.74. The second kappa shape index (κ2) is 9.12. The molecular formula is C16H26IN3O. The van der Waals surface area contributed by atoms with E-state index in [4.69, 9.17) is 4.74 Å². The second-order valence-electron chi connectivity index (χ2n) is 5.42. The van der Waals surface area contributed by atoms with Crippen molar-refractivity contribution in [2.24, 2.45) is 10.9 Å². The summed E-state index contributed by atoms with van der Waals surface area (Å²) in [6.07, 6.45) is 2.51. The molecule has 1 N–H and O–H groups in total. The minimum Gasteiger partial charge on any atom is -0.497 e. The molecular weight excluding hydrogens is 377 g/mol. The van der Waals surface area contributed by atoms with Gasteiger partial charge in [0.25, 0.3) is 0 Å². The summed E-state index contributed by atoms with van der Waals surface area (Å²) in [6.45, 7) is 5.32. The lowest BCUT2D eigenvalue weighted by molar-refractivity contribution is 0.273. The molecule has 0 aliphatic carbocycles. The summed E-state index contributed by atoms with van der Waals surface area (Å²) in [5.41, 5.74) is 1.23. The number of likely N-dealkylation sites (tertiary alicyclic amines) is 1. The molecule has 0 bridgehead atoms. The van der Waals surface area contributed by atoms with Gasteiger partial charge >= 0.3 is 0 Å². The van der Waals surface area contributed by atoms with Crippen molar-refractivity contribution in [3.63, 3.8) is 0 Å². The van der Waals surface area contributed by atoms with E-state index in [0.717, 1.165) is 37.3 Å². The summed E-state index contributed by atoms with van der Waals surface area (Å²) in [7, 11) is 3.54. The highest BCUT2D eigenvalue weighted by atomic mass is 127. The molecule has 1 fully saturated rings. The Morgan fingerprint density at radius 1 is 1.29 bits per heavy atom. The largest absolute Gasteiger partial charge is 0.497 e. The van der Waals surface area contributed by atoms with Gasteiger partial charge < -0.3 is 15.0 Å². The average Bonchev–Trinajstić information content (AvgIpc) is 2.50. The van der Waals surface area contributed by atoms with Crippen molar-refractivity contribution in [2.45, 2.75) is 26.3 Å². The van der Waals surface area contributed by atoms with Crippen LogP contribution in [-0.2, 0) is 6.54 Å². The number of benzene rings is 1. The number of hydrogen-bond donors (Lipinski definition) is 1. The number of ether oxygens (including phenoxy) is 1. The molecule has 0 unspecified atom stereocenters. The Kier molecular flexibility index (Phi) is 7.85. The highest BCUT2D eigenvalue weighted by Crippen LogP contribution is 2.16. The van der Waals surface area contributed by atoms with Gasteiger partial charge in [-0.25, -0.2) is 0 Å². The van der Waals surface area contributed by atoms with Gasteiger partial charge in [0.1, 0.15) is 5.75 Å². The molecule has 2 rings (SSSR count). The Morgan fingerprint density at radius 2 is 1.90 bits per heavy atom. The molecule has 1 aliphatic heterocycles. The van der Waals surface area contributed by atoms with E-state index in [1.807, 2.05) is 19.2 Å². The van der Waals surface area contributed by atoms with Crippen LogP contribution in [0, 0.1) is 5.92 Å². The predicted octanol–water partition coefficient (Wildman–Crippen LogP) is 3.12. The van der Waals surface area contributed by atoms with Gasteiger partial charge in [-0.15, -0.1) is 24.0 Å². The lowest BCUT2D eigenvalue weighted by atomic mass is 10.00. The SMILES string of the molecule is CN=C(NCc1ccc(OC)cc1)N1CCC(C)CC1.I. The summed E-state index contributed by atoms with van der Waals surface area (Å²) in [5, 5.41) is 3.44. The molecule has 0 spiro atoms. The van der Waals surface area contributed by atoms with E-state index in [2.05, 4.69) is 34.3 Å². The lowest BCUT2D eigenvalue weighted by Gasteiger charge is -2.32. The van der Waals surface area contributed by atoms with Crippen LogP contribution in [0.15, 0.2) is 29.3 Å². The molecule has 0 aromatic heterocycles. The Hall–Kier alpha value is -0.980. The first-order chi connectivity index (χ1) is 9.72. The third-order valence-electron chi connectivity index (χ3n) is 3.90. The molecule has 1 aromatic rings. The second-order valence-corrected chi connectivity index (χ2v) is 5.42. The first-order valence-electron chi connectivity index (χ1n) is 7.31. The van der Waals surface area contributed by atoms with Crippen LogP contribution in [0.3, 0.4) is 0 Å². The minimum atomic E-state index is 0. The van der Waals surface area contributed by atoms with Crippen LogP contribution in [0.25, 0.3) is 0 Å². The topological polar surface area (TPSA) is 36.9 Å². The van der Waals surface area contributed by atoms with Crippen molar-refractivity contribution in [3.05, 3.63) is 29.8 Å². The van der Waals surface area contributed by atoms with Gasteiger partial charge in [-0.1, -0.05) is 19.1 Å². The molecule has 1 aliphatic rings. The van der Waals surface area contributed by atoms with Crippen molar-refractivity contribution in [1.29, 1.82) is 0 Å². The van der Waals surface area contributed by atoms with Gasteiger partial charge in [0.05, 0.1) is 7.11 Å². The van der Waals surface area contributed by atoms with Gasteiger partial charge in [0.15, 0.2) is 5.96 Å². The molecule has 1 saturated heterocycles. The molecule has 0 amide bonds. The summed E-state index contributed by atoms with van der Waals surface area (Å²) >= 11 is 0. The third kappa shape index (κ3) is 5.37. The maximum Gasteiger partial charge on any atom is 0.193 e. The molecule has 5 heteroatoms. The Labute approximate surface area is 145 Å². The van der Waals surface area contributed by atoms with Crippen LogP contribution >= 0.6 is 24.0 Å². The summed E-state index contributed by atoms with van der Waals surface area (Å²) in [4.78, 5) is 6.74. The van der Waals surface area contributed by atoms with E-state index in [0.29, 0.717) is 0 Å². The fourth-order valence-electron chi connectivity index (χ4n) is 2.48. The number of piperidine rings is 1. The fourth-order valence-corrected chi connectivity index (χ4v) is 2.48. The van der Waals surface area contributed by atoms with Crippen LogP contribution in [-0.4, -0.2) is 38.1 Å². The molecule has 0 saturated carbocycles. The number of hydrogen-bond acceptors (Lipinski definition) is 2. The van der Waals surface area contributed by atoms with Gasteiger partial charge in [-0.05, 0) is 36.5 Å². The van der Waals surface area contributed by atoms with Crippen LogP contribution < -0.4 is 10.1 Å². The first-order valence-corrected chi connectivity index (χ1v) is 7.31. The first kappa shape index (κ1) is 18.1. The smallest absolute Gasteiger partial charge is 0.193 e. The predicted molar refractivity (Wildman–Crippen MR) is 98.6 cm³/mol. The number of nitrogens with one attached hydrogen (secondary N) is 1. The average molecular weight is 403 g/mol. The molecule has 1 heterocycles. The Morgan fingerprint density at radius 3 is 2.43 bits per heavy atom. The van der Waals surface area contributed by atoms with Crippen LogP contribution in [0.2, 0.25) is 0 Å². The van der Waals surface area contributed by atoms with Crippen molar-refractivity contribution in [1.82, 2.24) is 10.2 Å². The quantitative estimate of drug-likeness (QED) is 0.479. The van der Waals surface area contributed by atoms with Crippen LogP contribution in [0.4, 0.5) is 0 Å². The van der Waals surface area contributed by atoms with Crippen molar-refractivity contribution in [3.8, 4) is 5.75 Å². The molecule has 21 heavy (non-hydrogen) atoms. The van der Waals surface area contributed by atoms with E-state index in [9.17, 15) is 0 Å². The highest BCUT2D eigenvalue weighted by molar-refractivity contribution is 14.0. The molecule has 118 valence electrons. The zero-order chi connectivity index (χ0) is 14.4.